The summed E-state index contributed by atoms with van der Waals surface area (Å²) in [5.74, 6) is -0.942. The van der Waals surface area contributed by atoms with Crippen LogP contribution in [-0.2, 0) is 6.54 Å². The molecule has 5 nitrogen and oxygen atoms in total. The van der Waals surface area contributed by atoms with Crippen molar-refractivity contribution in [1.82, 2.24) is 15.8 Å². The second kappa shape index (κ2) is 7.37. The molecule has 0 saturated carbocycles. The van der Waals surface area contributed by atoms with E-state index in [1.807, 2.05) is 11.4 Å². The van der Waals surface area contributed by atoms with Gasteiger partial charge in [0, 0.05) is 19.2 Å². The van der Waals surface area contributed by atoms with Crippen LogP contribution in [0.1, 0.15) is 15.9 Å². The normalized spacial score (nSPS) is 10.1. The van der Waals surface area contributed by atoms with Crippen LogP contribution in [0.2, 0.25) is 0 Å². The molecule has 0 aliphatic heterocycles. The van der Waals surface area contributed by atoms with Crippen molar-refractivity contribution >= 4 is 39.2 Å². The third-order valence-electron chi connectivity index (χ3n) is 2.78. The second-order valence-corrected chi connectivity index (χ2v) is 6.80. The molecule has 0 saturated heterocycles. The van der Waals surface area contributed by atoms with E-state index in [4.69, 9.17) is 0 Å². The molecule has 116 valence electrons. The van der Waals surface area contributed by atoms with E-state index >= 15 is 0 Å². The lowest BCUT2D eigenvalue weighted by Gasteiger charge is -2.17. The van der Waals surface area contributed by atoms with Crippen LogP contribution >= 0.6 is 27.3 Å². The molecule has 0 aliphatic carbocycles. The van der Waals surface area contributed by atoms with Gasteiger partial charge < -0.3 is 4.90 Å². The van der Waals surface area contributed by atoms with Crippen LogP contribution in [0.3, 0.4) is 0 Å². The summed E-state index contributed by atoms with van der Waals surface area (Å²) in [7, 11) is 1.62. The first-order valence-electron chi connectivity index (χ1n) is 6.25. The first-order valence-corrected chi connectivity index (χ1v) is 7.93. The number of nitrogens with one attached hydrogen (secondary N) is 2. The SMILES string of the molecule is CN(Cc1csc(Br)c1)C(=O)NNC(=O)c1ccc(F)cc1. The fourth-order valence-electron chi connectivity index (χ4n) is 1.65. The number of benzene rings is 1. The monoisotopic (exact) mass is 385 g/mol. The highest BCUT2D eigenvalue weighted by atomic mass is 79.9. The van der Waals surface area contributed by atoms with Gasteiger partial charge in [-0.1, -0.05) is 0 Å². The molecular weight excluding hydrogens is 373 g/mol. The predicted octanol–water partition coefficient (Wildman–Crippen LogP) is 3.14. The topological polar surface area (TPSA) is 61.4 Å². The lowest BCUT2D eigenvalue weighted by molar-refractivity contribution is 0.0931. The van der Waals surface area contributed by atoms with Crippen molar-refractivity contribution in [3.05, 3.63) is 56.4 Å². The number of carbonyl (C=O) groups is 2. The average Bonchev–Trinajstić information content (AvgIpc) is 2.90. The molecule has 0 spiro atoms. The highest BCUT2D eigenvalue weighted by molar-refractivity contribution is 9.11. The first-order chi connectivity index (χ1) is 10.5. The number of urea groups is 1. The zero-order chi connectivity index (χ0) is 16.1. The first kappa shape index (κ1) is 16.4. The zero-order valence-corrected chi connectivity index (χ0v) is 14.0. The second-order valence-electron chi connectivity index (χ2n) is 4.51. The van der Waals surface area contributed by atoms with Gasteiger partial charge in [0.2, 0.25) is 0 Å². The maximum Gasteiger partial charge on any atom is 0.336 e. The lowest BCUT2D eigenvalue weighted by Crippen LogP contribution is -2.47. The summed E-state index contributed by atoms with van der Waals surface area (Å²) in [5.41, 5.74) is 5.83. The molecule has 1 aromatic carbocycles. The smallest absolute Gasteiger partial charge is 0.322 e. The van der Waals surface area contributed by atoms with Crippen molar-refractivity contribution in [1.29, 1.82) is 0 Å². The minimum atomic E-state index is -0.514. The van der Waals surface area contributed by atoms with Gasteiger partial charge in [0.1, 0.15) is 5.82 Å². The predicted molar refractivity (Wildman–Crippen MR) is 85.9 cm³/mol. The maximum absolute atomic E-state index is 12.8. The molecule has 0 bridgehead atoms. The number of rotatable bonds is 3. The highest BCUT2D eigenvalue weighted by Gasteiger charge is 2.12. The Labute approximate surface area is 139 Å². The Morgan fingerprint density at radius 1 is 1.27 bits per heavy atom. The van der Waals surface area contributed by atoms with Crippen LogP contribution < -0.4 is 10.9 Å². The number of hydrazine groups is 1. The number of amides is 3. The molecule has 2 rings (SSSR count). The van der Waals surface area contributed by atoms with Crippen molar-refractivity contribution in [3.63, 3.8) is 0 Å². The van der Waals surface area contributed by atoms with Crippen LogP contribution in [0.25, 0.3) is 0 Å². The van der Waals surface area contributed by atoms with Crippen LogP contribution in [0.5, 0.6) is 0 Å². The Hall–Kier alpha value is -1.93. The molecule has 0 aliphatic rings. The fourth-order valence-corrected chi connectivity index (χ4v) is 2.85. The number of hydrogen-bond acceptors (Lipinski definition) is 3. The number of hydrogen-bond donors (Lipinski definition) is 2. The van der Waals surface area contributed by atoms with Gasteiger partial charge in [-0.25, -0.2) is 14.6 Å². The largest absolute Gasteiger partial charge is 0.336 e. The summed E-state index contributed by atoms with van der Waals surface area (Å²) in [5, 5.41) is 1.94. The van der Waals surface area contributed by atoms with Crippen LogP contribution in [0.4, 0.5) is 9.18 Å². The van der Waals surface area contributed by atoms with Crippen molar-refractivity contribution in [2.75, 3.05) is 7.05 Å². The van der Waals surface area contributed by atoms with E-state index in [1.165, 1.54) is 40.5 Å². The molecule has 0 radical (unpaired) electrons. The standard InChI is InChI=1S/C14H13BrFN3O2S/c1-19(7-9-6-12(15)22-8-9)14(21)18-17-13(20)10-2-4-11(16)5-3-10/h2-6,8H,7H2,1H3,(H,17,20)(H,18,21). The van der Waals surface area contributed by atoms with Gasteiger partial charge in [-0.05, 0) is 57.2 Å². The molecule has 1 heterocycles. The van der Waals surface area contributed by atoms with E-state index in [9.17, 15) is 14.0 Å². The van der Waals surface area contributed by atoms with Gasteiger partial charge in [-0.15, -0.1) is 11.3 Å². The van der Waals surface area contributed by atoms with E-state index in [2.05, 4.69) is 26.8 Å². The number of halogens is 2. The molecular formula is C14H13BrFN3O2S. The Morgan fingerprint density at radius 2 is 1.95 bits per heavy atom. The van der Waals surface area contributed by atoms with E-state index in [1.54, 1.807) is 7.05 Å². The van der Waals surface area contributed by atoms with Crippen molar-refractivity contribution in [2.24, 2.45) is 0 Å². The molecule has 0 unspecified atom stereocenters. The lowest BCUT2D eigenvalue weighted by atomic mass is 10.2. The summed E-state index contributed by atoms with van der Waals surface area (Å²) in [6, 6.07) is 6.50. The number of nitrogens with zero attached hydrogens (tertiary/aromatic N) is 1. The van der Waals surface area contributed by atoms with Crippen molar-refractivity contribution in [2.45, 2.75) is 6.54 Å². The molecule has 1 aromatic heterocycles. The Kier molecular flexibility index (Phi) is 5.51. The summed E-state index contributed by atoms with van der Waals surface area (Å²) in [6.45, 7) is 0.417. The van der Waals surface area contributed by atoms with Crippen molar-refractivity contribution < 1.29 is 14.0 Å². The van der Waals surface area contributed by atoms with Gasteiger partial charge >= 0.3 is 6.03 Å². The van der Waals surface area contributed by atoms with E-state index in [0.29, 0.717) is 6.54 Å². The fraction of sp³-hybridized carbons (Fsp3) is 0.143. The molecule has 2 aromatic rings. The summed E-state index contributed by atoms with van der Waals surface area (Å²) in [4.78, 5) is 25.1. The van der Waals surface area contributed by atoms with E-state index < -0.39 is 17.8 Å². The molecule has 8 heteroatoms. The van der Waals surface area contributed by atoms with Gasteiger partial charge in [0.05, 0.1) is 3.79 Å². The third-order valence-corrected chi connectivity index (χ3v) is 4.33. The molecule has 0 atom stereocenters. The summed E-state index contributed by atoms with van der Waals surface area (Å²) >= 11 is 4.89. The Morgan fingerprint density at radius 3 is 2.55 bits per heavy atom. The van der Waals surface area contributed by atoms with Gasteiger partial charge in [-0.2, -0.15) is 0 Å². The molecule has 22 heavy (non-hydrogen) atoms. The third kappa shape index (κ3) is 4.54. The van der Waals surface area contributed by atoms with E-state index in [-0.39, 0.29) is 5.56 Å². The quantitative estimate of drug-likeness (QED) is 0.797. The Bertz CT molecular complexity index is 675. The molecule has 3 amide bonds. The average molecular weight is 386 g/mol. The summed E-state index contributed by atoms with van der Waals surface area (Å²) in [6.07, 6.45) is 0. The van der Waals surface area contributed by atoms with Crippen LogP contribution in [0.15, 0.2) is 39.5 Å². The number of carbonyl (C=O) groups excluding carboxylic acids is 2. The van der Waals surface area contributed by atoms with Gasteiger partial charge in [-0.3, -0.25) is 10.2 Å². The van der Waals surface area contributed by atoms with Crippen LogP contribution in [0, 0.1) is 5.82 Å². The van der Waals surface area contributed by atoms with E-state index in [0.717, 1.165) is 9.35 Å². The van der Waals surface area contributed by atoms with Gasteiger partial charge in [0.15, 0.2) is 0 Å². The van der Waals surface area contributed by atoms with Crippen LogP contribution in [-0.4, -0.2) is 23.9 Å². The molecule has 2 N–H and O–H groups in total. The zero-order valence-electron chi connectivity index (χ0n) is 11.6. The number of thiophene rings is 1. The van der Waals surface area contributed by atoms with Gasteiger partial charge in [0.25, 0.3) is 5.91 Å². The van der Waals surface area contributed by atoms with Crippen molar-refractivity contribution in [3.8, 4) is 0 Å². The molecule has 0 fully saturated rings. The summed E-state index contributed by atoms with van der Waals surface area (Å²) < 4.78 is 13.8. The minimum Gasteiger partial charge on any atom is -0.322 e. The minimum absolute atomic E-state index is 0.256. The Balaban J connectivity index is 1.83. The highest BCUT2D eigenvalue weighted by Crippen LogP contribution is 2.21. The maximum atomic E-state index is 12.8.